The molecule has 2 aliphatic heterocycles. The minimum absolute atomic E-state index is 0.0321. The number of nitrogens with zero attached hydrogens (tertiary/aromatic N) is 2. The Morgan fingerprint density at radius 2 is 1.52 bits per heavy atom. The first-order valence-electron chi connectivity index (χ1n) is 10.7. The number of amides is 1. The number of likely N-dealkylation sites (tertiary alicyclic amines) is 1. The van der Waals surface area contributed by atoms with Gasteiger partial charge in [0.15, 0.2) is 0 Å². The molecule has 0 saturated carbocycles. The second kappa shape index (κ2) is 9.37. The fourth-order valence-corrected chi connectivity index (χ4v) is 5.00. The van der Waals surface area contributed by atoms with Crippen molar-refractivity contribution in [2.75, 3.05) is 33.2 Å². The molecule has 1 unspecified atom stereocenters. The summed E-state index contributed by atoms with van der Waals surface area (Å²) in [6.07, 6.45) is 2.30. The number of halogens is 2. The van der Waals surface area contributed by atoms with E-state index in [0.717, 1.165) is 50.0 Å². The molecule has 4 rings (SSSR count). The molecule has 0 aromatic heterocycles. The highest BCUT2D eigenvalue weighted by Gasteiger charge is 2.41. The third kappa shape index (κ3) is 4.85. The van der Waals surface area contributed by atoms with Gasteiger partial charge in [0.1, 0.15) is 11.7 Å². The summed E-state index contributed by atoms with van der Waals surface area (Å²) in [4.78, 5) is 15.6. The van der Waals surface area contributed by atoms with Crippen molar-refractivity contribution in [2.45, 2.75) is 31.0 Å². The van der Waals surface area contributed by atoms with E-state index < -0.39 is 5.60 Å². The first-order valence-corrected chi connectivity index (χ1v) is 11.5. The number of aliphatic hydroxyl groups is 1. The van der Waals surface area contributed by atoms with Gasteiger partial charge in [0, 0.05) is 23.6 Å². The number of cyclic esters (lactones) is 1. The van der Waals surface area contributed by atoms with Crippen LogP contribution in [0.25, 0.3) is 0 Å². The smallest absolute Gasteiger partial charge is 0.409 e. The molecule has 7 heteroatoms. The zero-order chi connectivity index (χ0) is 22.0. The third-order valence-electron chi connectivity index (χ3n) is 6.57. The van der Waals surface area contributed by atoms with E-state index in [1.165, 1.54) is 0 Å². The fraction of sp³-hybridized carbons (Fsp3) is 0.458. The molecular formula is C24H28Cl2N2O3. The Hall–Kier alpha value is -1.79. The van der Waals surface area contributed by atoms with E-state index in [1.54, 1.807) is 11.9 Å². The molecule has 0 radical (unpaired) electrons. The van der Waals surface area contributed by atoms with Crippen LogP contribution >= 0.6 is 23.2 Å². The van der Waals surface area contributed by atoms with E-state index in [9.17, 15) is 9.90 Å². The Morgan fingerprint density at radius 1 is 1.00 bits per heavy atom. The summed E-state index contributed by atoms with van der Waals surface area (Å²) in [7, 11) is 1.77. The molecule has 2 fully saturated rings. The van der Waals surface area contributed by atoms with Gasteiger partial charge in [-0.3, -0.25) is 0 Å². The second-order valence-corrected chi connectivity index (χ2v) is 9.44. The van der Waals surface area contributed by atoms with Crippen LogP contribution in [0.2, 0.25) is 10.0 Å². The van der Waals surface area contributed by atoms with Gasteiger partial charge in [0.25, 0.3) is 0 Å². The lowest BCUT2D eigenvalue weighted by atomic mass is 9.72. The maximum Gasteiger partial charge on any atom is 0.409 e. The van der Waals surface area contributed by atoms with Crippen LogP contribution in [0.5, 0.6) is 0 Å². The minimum atomic E-state index is -1.11. The van der Waals surface area contributed by atoms with Gasteiger partial charge in [0.05, 0.1) is 6.54 Å². The van der Waals surface area contributed by atoms with Gasteiger partial charge in [0.2, 0.25) is 0 Å². The molecule has 0 aliphatic carbocycles. The number of hydrogen-bond acceptors (Lipinski definition) is 4. The molecule has 0 spiro atoms. The number of carbonyl (C=O) groups excluding carboxylic acids is 1. The molecule has 2 heterocycles. The largest absolute Gasteiger partial charge is 0.444 e. The molecule has 2 saturated heterocycles. The molecule has 1 atom stereocenters. The van der Waals surface area contributed by atoms with E-state index in [1.807, 2.05) is 48.5 Å². The fourth-order valence-electron chi connectivity index (χ4n) is 4.75. The van der Waals surface area contributed by atoms with Crippen molar-refractivity contribution < 1.29 is 14.6 Å². The van der Waals surface area contributed by atoms with Gasteiger partial charge < -0.3 is 19.6 Å². The average molecular weight is 463 g/mol. The highest BCUT2D eigenvalue weighted by Crippen LogP contribution is 2.42. The van der Waals surface area contributed by atoms with Gasteiger partial charge in [-0.2, -0.15) is 0 Å². The standard InChI is InChI=1S/C24H28Cl2N2O3/c1-27-16-22(31-23(27)29)12-15-28-13-10-19(11-14-28)24(30,17-2-6-20(25)7-3-17)18-4-8-21(26)9-5-18/h2-9,19,22,30H,10-16H2,1H3. The van der Waals surface area contributed by atoms with Crippen LogP contribution in [0.1, 0.15) is 30.4 Å². The molecule has 31 heavy (non-hydrogen) atoms. The summed E-state index contributed by atoms with van der Waals surface area (Å²) in [5.74, 6) is 0.0709. The van der Waals surface area contributed by atoms with Crippen molar-refractivity contribution in [1.29, 1.82) is 0 Å². The lowest BCUT2D eigenvalue weighted by Gasteiger charge is -2.42. The van der Waals surface area contributed by atoms with Crippen LogP contribution in [0, 0.1) is 5.92 Å². The number of benzene rings is 2. The maximum atomic E-state index is 12.0. The SMILES string of the molecule is CN1CC(CCN2CCC(C(O)(c3ccc(Cl)cc3)c3ccc(Cl)cc3)CC2)OC1=O. The summed E-state index contributed by atoms with van der Waals surface area (Å²) in [6.45, 7) is 3.33. The van der Waals surface area contributed by atoms with Gasteiger partial charge in [-0.05, 0) is 73.7 Å². The Balaban J connectivity index is 1.45. The van der Waals surface area contributed by atoms with E-state index in [4.69, 9.17) is 27.9 Å². The number of ether oxygens (including phenoxy) is 1. The van der Waals surface area contributed by atoms with E-state index >= 15 is 0 Å². The number of hydrogen-bond donors (Lipinski definition) is 1. The van der Waals surface area contributed by atoms with Crippen LogP contribution in [0.4, 0.5) is 4.79 Å². The van der Waals surface area contributed by atoms with Crippen LogP contribution in [0.15, 0.2) is 48.5 Å². The first-order chi connectivity index (χ1) is 14.9. The van der Waals surface area contributed by atoms with Crippen molar-refractivity contribution >= 4 is 29.3 Å². The Labute approximate surface area is 193 Å². The average Bonchev–Trinajstić information content (AvgIpc) is 3.10. The summed E-state index contributed by atoms with van der Waals surface area (Å²) in [6, 6.07) is 14.9. The van der Waals surface area contributed by atoms with Crippen LogP contribution in [-0.4, -0.2) is 60.3 Å². The third-order valence-corrected chi connectivity index (χ3v) is 7.07. The predicted molar refractivity (Wildman–Crippen MR) is 123 cm³/mol. The molecule has 166 valence electrons. The summed E-state index contributed by atoms with van der Waals surface area (Å²) in [5.41, 5.74) is 0.586. The number of piperidine rings is 1. The zero-order valence-electron chi connectivity index (χ0n) is 17.6. The highest BCUT2D eigenvalue weighted by molar-refractivity contribution is 6.30. The van der Waals surface area contributed by atoms with Crippen LogP contribution in [-0.2, 0) is 10.3 Å². The lowest BCUT2D eigenvalue weighted by Crippen LogP contribution is -2.44. The molecule has 1 N–H and O–H groups in total. The summed E-state index contributed by atoms with van der Waals surface area (Å²) < 4.78 is 5.37. The number of likely N-dealkylation sites (N-methyl/N-ethyl adjacent to an activating group) is 1. The molecule has 2 aromatic carbocycles. The molecule has 0 bridgehead atoms. The van der Waals surface area contributed by atoms with Crippen molar-refractivity contribution in [2.24, 2.45) is 5.92 Å². The lowest BCUT2D eigenvalue weighted by molar-refractivity contribution is -0.0154. The Morgan fingerprint density at radius 3 is 1.97 bits per heavy atom. The second-order valence-electron chi connectivity index (χ2n) is 8.57. The van der Waals surface area contributed by atoms with Crippen LogP contribution < -0.4 is 0 Å². The quantitative estimate of drug-likeness (QED) is 0.670. The van der Waals surface area contributed by atoms with Crippen molar-refractivity contribution in [3.05, 3.63) is 69.7 Å². The summed E-state index contributed by atoms with van der Waals surface area (Å²) in [5, 5.41) is 13.3. The molecule has 2 aromatic rings. The topological polar surface area (TPSA) is 53.0 Å². The van der Waals surface area contributed by atoms with Gasteiger partial charge in [-0.25, -0.2) is 4.79 Å². The van der Waals surface area contributed by atoms with Gasteiger partial charge in [-0.1, -0.05) is 47.5 Å². The highest BCUT2D eigenvalue weighted by atomic mass is 35.5. The molecule has 2 aliphatic rings. The van der Waals surface area contributed by atoms with Gasteiger partial charge >= 0.3 is 6.09 Å². The Kier molecular flexibility index (Phi) is 6.77. The Bertz CT molecular complexity index is 851. The monoisotopic (exact) mass is 462 g/mol. The van der Waals surface area contributed by atoms with Crippen LogP contribution in [0.3, 0.4) is 0 Å². The summed E-state index contributed by atoms with van der Waals surface area (Å²) >= 11 is 12.2. The maximum absolute atomic E-state index is 12.0. The zero-order valence-corrected chi connectivity index (χ0v) is 19.1. The van der Waals surface area contributed by atoms with Gasteiger partial charge in [-0.15, -0.1) is 0 Å². The normalized spacial score (nSPS) is 20.8. The number of rotatable bonds is 6. The van der Waals surface area contributed by atoms with E-state index in [2.05, 4.69) is 4.90 Å². The molecular weight excluding hydrogens is 435 g/mol. The predicted octanol–water partition coefficient (Wildman–Crippen LogP) is 4.78. The molecule has 5 nitrogen and oxygen atoms in total. The van der Waals surface area contributed by atoms with E-state index in [-0.39, 0.29) is 18.1 Å². The first kappa shape index (κ1) is 22.4. The van der Waals surface area contributed by atoms with Crippen molar-refractivity contribution in [3.63, 3.8) is 0 Å². The molecule has 1 amide bonds. The van der Waals surface area contributed by atoms with Crippen molar-refractivity contribution in [3.8, 4) is 0 Å². The van der Waals surface area contributed by atoms with E-state index in [0.29, 0.717) is 16.6 Å². The van der Waals surface area contributed by atoms with Crippen molar-refractivity contribution in [1.82, 2.24) is 9.80 Å². The minimum Gasteiger partial charge on any atom is -0.444 e. The number of carbonyl (C=O) groups is 1.